The first kappa shape index (κ1) is 13.0. The molecule has 1 unspecified atom stereocenters. The second-order valence-corrected chi connectivity index (χ2v) is 5.53. The molecule has 2 aromatic rings. The van der Waals surface area contributed by atoms with Gasteiger partial charge in [0.1, 0.15) is 0 Å². The third-order valence-corrected chi connectivity index (χ3v) is 4.12. The molecular formula is C16H17OP. The van der Waals surface area contributed by atoms with Crippen LogP contribution in [0.5, 0.6) is 0 Å². The van der Waals surface area contributed by atoms with Crippen LogP contribution in [0, 0.1) is 13.8 Å². The molecule has 0 N–H and O–H groups in total. The summed E-state index contributed by atoms with van der Waals surface area (Å²) in [6, 6.07) is 13.8. The standard InChI is InChI=1S/C16H17OP/c1-11-4-5-14(10-12(11)2)16(17)13-6-8-15(18-3)9-7-13/h4-10,18H,1-3H3. The van der Waals surface area contributed by atoms with Gasteiger partial charge in [-0.05, 0) is 43.0 Å². The van der Waals surface area contributed by atoms with Crippen LogP contribution in [0.4, 0.5) is 0 Å². The maximum atomic E-state index is 12.3. The Hall–Kier alpha value is -1.46. The molecule has 0 aromatic heterocycles. The first-order valence-electron chi connectivity index (χ1n) is 6.01. The van der Waals surface area contributed by atoms with E-state index in [0.29, 0.717) is 0 Å². The molecule has 0 saturated heterocycles. The van der Waals surface area contributed by atoms with Crippen LogP contribution in [0.2, 0.25) is 0 Å². The maximum Gasteiger partial charge on any atom is 0.193 e. The van der Waals surface area contributed by atoms with Gasteiger partial charge in [-0.15, -0.1) is 0 Å². The fourth-order valence-corrected chi connectivity index (χ4v) is 2.34. The molecule has 18 heavy (non-hydrogen) atoms. The van der Waals surface area contributed by atoms with Crippen LogP contribution in [-0.4, -0.2) is 12.4 Å². The van der Waals surface area contributed by atoms with Gasteiger partial charge in [-0.2, -0.15) is 0 Å². The fraction of sp³-hybridized carbons (Fsp3) is 0.188. The molecular weight excluding hydrogens is 239 g/mol. The highest BCUT2D eigenvalue weighted by Crippen LogP contribution is 2.15. The third kappa shape index (κ3) is 2.68. The second-order valence-electron chi connectivity index (χ2n) is 4.46. The first-order chi connectivity index (χ1) is 8.61. The van der Waals surface area contributed by atoms with Crippen molar-refractivity contribution < 1.29 is 4.79 Å². The summed E-state index contributed by atoms with van der Waals surface area (Å²) in [7, 11) is 0.771. The SMILES string of the molecule is CPc1ccc(C(=O)c2ccc(C)c(C)c2)cc1. The highest BCUT2D eigenvalue weighted by atomic mass is 31.1. The summed E-state index contributed by atoms with van der Waals surface area (Å²) in [6.07, 6.45) is 0. The minimum atomic E-state index is 0.101. The zero-order valence-corrected chi connectivity index (χ0v) is 11.9. The zero-order chi connectivity index (χ0) is 13.1. The van der Waals surface area contributed by atoms with Gasteiger partial charge in [0, 0.05) is 11.1 Å². The Morgan fingerprint density at radius 1 is 0.889 bits per heavy atom. The smallest absolute Gasteiger partial charge is 0.193 e. The zero-order valence-electron chi connectivity index (χ0n) is 10.9. The summed E-state index contributed by atoms with van der Waals surface area (Å²) in [6.45, 7) is 6.23. The van der Waals surface area contributed by atoms with Crippen LogP contribution in [0.15, 0.2) is 42.5 Å². The summed E-state index contributed by atoms with van der Waals surface area (Å²) >= 11 is 0. The number of hydrogen-bond acceptors (Lipinski definition) is 1. The molecule has 0 spiro atoms. The molecule has 1 atom stereocenters. The van der Waals surface area contributed by atoms with Crippen molar-refractivity contribution in [3.63, 3.8) is 0 Å². The topological polar surface area (TPSA) is 17.1 Å². The van der Waals surface area contributed by atoms with E-state index in [-0.39, 0.29) is 5.78 Å². The van der Waals surface area contributed by atoms with Crippen molar-refractivity contribution in [2.24, 2.45) is 0 Å². The van der Waals surface area contributed by atoms with Gasteiger partial charge >= 0.3 is 0 Å². The molecule has 0 bridgehead atoms. The monoisotopic (exact) mass is 256 g/mol. The summed E-state index contributed by atoms with van der Waals surface area (Å²) in [4.78, 5) is 12.3. The molecule has 0 aliphatic heterocycles. The average Bonchev–Trinajstić information content (AvgIpc) is 2.41. The lowest BCUT2D eigenvalue weighted by Crippen LogP contribution is -2.04. The van der Waals surface area contributed by atoms with Crippen LogP contribution in [0.1, 0.15) is 27.0 Å². The van der Waals surface area contributed by atoms with Crippen molar-refractivity contribution in [2.75, 3.05) is 6.66 Å². The lowest BCUT2D eigenvalue weighted by Gasteiger charge is -2.05. The van der Waals surface area contributed by atoms with Crippen LogP contribution < -0.4 is 5.30 Å². The maximum absolute atomic E-state index is 12.3. The Labute approximate surface area is 110 Å². The average molecular weight is 256 g/mol. The number of aryl methyl sites for hydroxylation is 2. The Bertz CT molecular complexity index is 570. The van der Waals surface area contributed by atoms with E-state index in [9.17, 15) is 4.79 Å². The van der Waals surface area contributed by atoms with E-state index < -0.39 is 0 Å². The minimum absolute atomic E-state index is 0.101. The van der Waals surface area contributed by atoms with Crippen molar-refractivity contribution in [3.05, 3.63) is 64.7 Å². The van der Waals surface area contributed by atoms with Crippen LogP contribution in [0.25, 0.3) is 0 Å². The number of benzene rings is 2. The summed E-state index contributed by atoms with van der Waals surface area (Å²) in [5.41, 5.74) is 3.91. The quantitative estimate of drug-likeness (QED) is 0.607. The Morgan fingerprint density at radius 3 is 2.06 bits per heavy atom. The number of rotatable bonds is 3. The van der Waals surface area contributed by atoms with Crippen molar-refractivity contribution >= 4 is 19.7 Å². The van der Waals surface area contributed by atoms with Crippen molar-refractivity contribution in [3.8, 4) is 0 Å². The predicted octanol–water partition coefficient (Wildman–Crippen LogP) is 3.47. The van der Waals surface area contributed by atoms with Crippen molar-refractivity contribution in [1.29, 1.82) is 0 Å². The van der Waals surface area contributed by atoms with Crippen molar-refractivity contribution in [2.45, 2.75) is 13.8 Å². The highest BCUT2D eigenvalue weighted by Gasteiger charge is 2.09. The number of hydrogen-bond donors (Lipinski definition) is 0. The van der Waals surface area contributed by atoms with Gasteiger partial charge in [0.2, 0.25) is 0 Å². The Morgan fingerprint density at radius 2 is 1.50 bits per heavy atom. The van der Waals surface area contributed by atoms with E-state index in [4.69, 9.17) is 0 Å². The van der Waals surface area contributed by atoms with Gasteiger partial charge in [0.25, 0.3) is 0 Å². The van der Waals surface area contributed by atoms with E-state index in [2.05, 4.69) is 13.6 Å². The lowest BCUT2D eigenvalue weighted by atomic mass is 9.99. The van der Waals surface area contributed by atoms with Gasteiger partial charge in [0.05, 0.1) is 0 Å². The predicted molar refractivity (Wildman–Crippen MR) is 79.7 cm³/mol. The molecule has 92 valence electrons. The van der Waals surface area contributed by atoms with Gasteiger partial charge in [-0.3, -0.25) is 4.79 Å². The lowest BCUT2D eigenvalue weighted by molar-refractivity contribution is 0.103. The van der Waals surface area contributed by atoms with Crippen LogP contribution in [-0.2, 0) is 0 Å². The normalized spacial score (nSPS) is 11.1. The van der Waals surface area contributed by atoms with E-state index in [1.807, 2.05) is 49.4 Å². The van der Waals surface area contributed by atoms with Gasteiger partial charge in [0.15, 0.2) is 5.78 Å². The molecule has 0 aliphatic carbocycles. The third-order valence-electron chi connectivity index (χ3n) is 3.20. The van der Waals surface area contributed by atoms with Gasteiger partial charge in [-0.25, -0.2) is 0 Å². The highest BCUT2D eigenvalue weighted by molar-refractivity contribution is 7.46. The molecule has 0 radical (unpaired) electrons. The molecule has 2 aromatic carbocycles. The largest absolute Gasteiger partial charge is 0.289 e. The van der Waals surface area contributed by atoms with Gasteiger partial charge < -0.3 is 0 Å². The molecule has 0 saturated carbocycles. The van der Waals surface area contributed by atoms with Crippen LogP contribution >= 0.6 is 8.58 Å². The number of ketones is 1. The van der Waals surface area contributed by atoms with Crippen molar-refractivity contribution in [1.82, 2.24) is 0 Å². The summed E-state index contributed by atoms with van der Waals surface area (Å²) in [5.74, 6) is 0.101. The molecule has 0 heterocycles. The molecule has 0 aliphatic rings. The van der Waals surface area contributed by atoms with E-state index in [1.54, 1.807) is 0 Å². The first-order valence-corrected chi connectivity index (χ1v) is 7.51. The minimum Gasteiger partial charge on any atom is -0.289 e. The van der Waals surface area contributed by atoms with E-state index >= 15 is 0 Å². The molecule has 2 heteroatoms. The Balaban J connectivity index is 2.32. The fourth-order valence-electron chi connectivity index (χ4n) is 1.84. The number of carbonyl (C=O) groups excluding carboxylic acids is 1. The molecule has 2 rings (SSSR count). The van der Waals surface area contributed by atoms with E-state index in [1.165, 1.54) is 10.9 Å². The van der Waals surface area contributed by atoms with Gasteiger partial charge in [-0.1, -0.05) is 45.0 Å². The van der Waals surface area contributed by atoms with E-state index in [0.717, 1.165) is 25.3 Å². The van der Waals surface area contributed by atoms with Crippen LogP contribution in [0.3, 0.4) is 0 Å². The summed E-state index contributed by atoms with van der Waals surface area (Å²) < 4.78 is 0. The molecule has 0 amide bonds. The second kappa shape index (κ2) is 5.46. The molecule has 1 nitrogen and oxygen atoms in total. The Kier molecular flexibility index (Phi) is 3.93. The summed E-state index contributed by atoms with van der Waals surface area (Å²) in [5, 5.41) is 1.28. The molecule has 0 fully saturated rings. The number of carbonyl (C=O) groups is 1.